The van der Waals surface area contributed by atoms with Crippen molar-refractivity contribution in [3.8, 4) is 0 Å². The van der Waals surface area contributed by atoms with Crippen molar-refractivity contribution in [1.82, 2.24) is 9.80 Å². The zero-order valence-corrected chi connectivity index (χ0v) is 12.7. The van der Waals surface area contributed by atoms with Gasteiger partial charge in [0.1, 0.15) is 0 Å². The van der Waals surface area contributed by atoms with E-state index in [9.17, 15) is 5.11 Å². The van der Waals surface area contributed by atoms with Crippen LogP contribution in [0.5, 0.6) is 0 Å². The van der Waals surface area contributed by atoms with E-state index in [0.717, 1.165) is 37.9 Å². The number of hydrogen-bond acceptors (Lipinski definition) is 4. The van der Waals surface area contributed by atoms with Crippen molar-refractivity contribution >= 4 is 11.6 Å². The minimum absolute atomic E-state index is 0.328. The first-order valence-electron chi connectivity index (χ1n) is 7.04. The summed E-state index contributed by atoms with van der Waals surface area (Å²) in [5, 5.41) is 10.9. The van der Waals surface area contributed by atoms with Gasteiger partial charge in [-0.15, -0.1) is 0 Å². The second-order valence-corrected chi connectivity index (χ2v) is 5.83. The van der Waals surface area contributed by atoms with Gasteiger partial charge in [-0.2, -0.15) is 0 Å². The van der Waals surface area contributed by atoms with Crippen LogP contribution in [0.25, 0.3) is 0 Å². The molecule has 0 saturated carbocycles. The van der Waals surface area contributed by atoms with E-state index in [2.05, 4.69) is 9.80 Å². The van der Waals surface area contributed by atoms with Gasteiger partial charge in [0.05, 0.1) is 19.3 Å². The predicted octanol–water partition coefficient (Wildman–Crippen LogP) is 1.46. The van der Waals surface area contributed by atoms with Crippen LogP contribution < -0.4 is 0 Å². The standard InChI is InChI=1S/C15H23ClN2O2/c1-17(10-13-2-4-14(16)5-3-13)11-15(19)12-18-6-8-20-9-7-18/h2-5,15,19H,6-12H2,1H3. The fourth-order valence-electron chi connectivity index (χ4n) is 2.47. The van der Waals surface area contributed by atoms with Crippen LogP contribution in [0.4, 0.5) is 0 Å². The second kappa shape index (κ2) is 7.96. The van der Waals surface area contributed by atoms with Crippen molar-refractivity contribution in [2.75, 3.05) is 46.4 Å². The topological polar surface area (TPSA) is 35.9 Å². The lowest BCUT2D eigenvalue weighted by atomic mass is 10.2. The maximum atomic E-state index is 10.1. The number of likely N-dealkylation sites (N-methyl/N-ethyl adjacent to an activating group) is 1. The molecule has 1 unspecified atom stereocenters. The van der Waals surface area contributed by atoms with Gasteiger partial charge < -0.3 is 9.84 Å². The van der Waals surface area contributed by atoms with Gasteiger partial charge in [0.2, 0.25) is 0 Å². The Bertz CT molecular complexity index is 393. The summed E-state index contributed by atoms with van der Waals surface area (Å²) in [6.45, 7) is 5.57. The highest BCUT2D eigenvalue weighted by Gasteiger charge is 2.16. The molecule has 2 rings (SSSR count). The summed E-state index contributed by atoms with van der Waals surface area (Å²) in [6, 6.07) is 7.84. The number of ether oxygens (including phenoxy) is 1. The zero-order valence-electron chi connectivity index (χ0n) is 12.0. The van der Waals surface area contributed by atoms with Crippen LogP contribution >= 0.6 is 11.6 Å². The van der Waals surface area contributed by atoms with Crippen molar-refractivity contribution in [3.05, 3.63) is 34.9 Å². The lowest BCUT2D eigenvalue weighted by Crippen LogP contribution is -2.43. The summed E-state index contributed by atoms with van der Waals surface area (Å²) in [4.78, 5) is 4.39. The molecule has 0 aliphatic carbocycles. The quantitative estimate of drug-likeness (QED) is 0.863. The number of nitrogens with zero attached hydrogens (tertiary/aromatic N) is 2. The molecule has 1 N–H and O–H groups in total. The molecule has 1 aromatic carbocycles. The Morgan fingerprint density at radius 1 is 1.30 bits per heavy atom. The summed E-state index contributed by atoms with van der Waals surface area (Å²) in [7, 11) is 2.02. The third kappa shape index (κ3) is 5.38. The number of rotatable bonds is 6. The van der Waals surface area contributed by atoms with Crippen LogP contribution in [0.2, 0.25) is 5.02 Å². The molecule has 0 aromatic heterocycles. The summed E-state index contributed by atoms with van der Waals surface area (Å²) in [5.41, 5.74) is 1.20. The highest BCUT2D eigenvalue weighted by Crippen LogP contribution is 2.11. The van der Waals surface area contributed by atoms with E-state index in [-0.39, 0.29) is 6.10 Å². The van der Waals surface area contributed by atoms with Gasteiger partial charge in [0.15, 0.2) is 0 Å². The van der Waals surface area contributed by atoms with Gasteiger partial charge in [0, 0.05) is 37.7 Å². The number of hydrogen-bond donors (Lipinski definition) is 1. The van der Waals surface area contributed by atoms with Crippen LogP contribution in [0.1, 0.15) is 5.56 Å². The fraction of sp³-hybridized carbons (Fsp3) is 0.600. The number of halogens is 1. The monoisotopic (exact) mass is 298 g/mol. The lowest BCUT2D eigenvalue weighted by Gasteiger charge is -2.30. The number of β-amino-alcohol motifs (C(OH)–C–C–N with tert-alkyl or cyclic N) is 1. The highest BCUT2D eigenvalue weighted by atomic mass is 35.5. The van der Waals surface area contributed by atoms with Crippen LogP contribution in [0.3, 0.4) is 0 Å². The van der Waals surface area contributed by atoms with Crippen molar-refractivity contribution in [2.24, 2.45) is 0 Å². The second-order valence-electron chi connectivity index (χ2n) is 5.39. The minimum Gasteiger partial charge on any atom is -0.390 e. The average molecular weight is 299 g/mol. The SMILES string of the molecule is CN(Cc1ccc(Cl)cc1)CC(O)CN1CCOCC1. The zero-order chi connectivity index (χ0) is 14.4. The molecule has 1 heterocycles. The Labute approximate surface area is 125 Å². The summed E-state index contributed by atoms with van der Waals surface area (Å²) < 4.78 is 5.31. The first-order chi connectivity index (χ1) is 9.63. The number of morpholine rings is 1. The smallest absolute Gasteiger partial charge is 0.0793 e. The summed E-state index contributed by atoms with van der Waals surface area (Å²) in [5.74, 6) is 0. The molecule has 0 radical (unpaired) electrons. The van der Waals surface area contributed by atoms with Gasteiger partial charge in [-0.3, -0.25) is 9.80 Å². The summed E-state index contributed by atoms with van der Waals surface area (Å²) in [6.07, 6.45) is -0.328. The highest BCUT2D eigenvalue weighted by molar-refractivity contribution is 6.30. The third-order valence-corrected chi connectivity index (χ3v) is 3.71. The molecule has 1 saturated heterocycles. The molecule has 1 aliphatic heterocycles. The molecule has 0 spiro atoms. The maximum absolute atomic E-state index is 10.1. The predicted molar refractivity (Wildman–Crippen MR) is 81.1 cm³/mol. The van der Waals surface area contributed by atoms with Crippen molar-refractivity contribution < 1.29 is 9.84 Å². The van der Waals surface area contributed by atoms with Crippen molar-refractivity contribution in [2.45, 2.75) is 12.6 Å². The van der Waals surface area contributed by atoms with Gasteiger partial charge in [0.25, 0.3) is 0 Å². The molecule has 1 aliphatic rings. The molecule has 20 heavy (non-hydrogen) atoms. The van der Waals surface area contributed by atoms with Gasteiger partial charge >= 0.3 is 0 Å². The minimum atomic E-state index is -0.328. The Morgan fingerprint density at radius 3 is 2.60 bits per heavy atom. The Balaban J connectivity index is 1.72. The van der Waals surface area contributed by atoms with Gasteiger partial charge in [-0.25, -0.2) is 0 Å². The Morgan fingerprint density at radius 2 is 1.95 bits per heavy atom. The largest absolute Gasteiger partial charge is 0.390 e. The van der Waals surface area contributed by atoms with Gasteiger partial charge in [-0.05, 0) is 24.7 Å². The molecule has 0 bridgehead atoms. The molecule has 0 amide bonds. The molecule has 1 aromatic rings. The van der Waals surface area contributed by atoms with Crippen LogP contribution in [-0.2, 0) is 11.3 Å². The maximum Gasteiger partial charge on any atom is 0.0793 e. The number of aliphatic hydroxyl groups excluding tert-OH is 1. The number of benzene rings is 1. The Hall–Kier alpha value is -0.650. The van der Waals surface area contributed by atoms with Crippen molar-refractivity contribution in [3.63, 3.8) is 0 Å². The number of aliphatic hydroxyl groups is 1. The molecule has 1 fully saturated rings. The van der Waals surface area contributed by atoms with Crippen LogP contribution in [0, 0.1) is 0 Å². The molecule has 5 heteroatoms. The van der Waals surface area contributed by atoms with Crippen molar-refractivity contribution in [1.29, 1.82) is 0 Å². The molecular weight excluding hydrogens is 276 g/mol. The summed E-state index contributed by atoms with van der Waals surface area (Å²) >= 11 is 5.87. The third-order valence-electron chi connectivity index (χ3n) is 3.46. The average Bonchev–Trinajstić information content (AvgIpc) is 2.42. The fourth-order valence-corrected chi connectivity index (χ4v) is 2.59. The van der Waals surface area contributed by atoms with E-state index in [0.29, 0.717) is 13.1 Å². The Kier molecular flexibility index (Phi) is 6.26. The van der Waals surface area contributed by atoms with E-state index >= 15 is 0 Å². The molecular formula is C15H23ClN2O2. The molecule has 1 atom stereocenters. The lowest BCUT2D eigenvalue weighted by molar-refractivity contribution is 0.00825. The first-order valence-corrected chi connectivity index (χ1v) is 7.42. The van der Waals surface area contributed by atoms with E-state index in [4.69, 9.17) is 16.3 Å². The first kappa shape index (κ1) is 15.7. The normalized spacial score (nSPS) is 18.4. The van der Waals surface area contributed by atoms with Crippen LogP contribution in [0.15, 0.2) is 24.3 Å². The van der Waals surface area contributed by atoms with E-state index in [1.54, 1.807) is 0 Å². The molecule has 112 valence electrons. The van der Waals surface area contributed by atoms with E-state index < -0.39 is 0 Å². The van der Waals surface area contributed by atoms with Gasteiger partial charge in [-0.1, -0.05) is 23.7 Å². The van der Waals surface area contributed by atoms with Crippen LogP contribution in [-0.4, -0.2) is 67.5 Å². The van der Waals surface area contributed by atoms with E-state index in [1.807, 2.05) is 31.3 Å². The molecule has 4 nitrogen and oxygen atoms in total. The van der Waals surface area contributed by atoms with E-state index in [1.165, 1.54) is 5.56 Å².